The number of ether oxygens (including phenoxy) is 2. The van der Waals surface area contributed by atoms with Crippen molar-refractivity contribution in [3.63, 3.8) is 0 Å². The first-order valence-corrected chi connectivity index (χ1v) is 4.97. The molecule has 0 aliphatic heterocycles. The van der Waals surface area contributed by atoms with Crippen molar-refractivity contribution >= 4 is 5.69 Å². The van der Waals surface area contributed by atoms with Crippen molar-refractivity contribution in [2.75, 3.05) is 19.5 Å². The topological polar surface area (TPSA) is 44.5 Å². The zero-order valence-electron chi connectivity index (χ0n) is 9.54. The Morgan fingerprint density at radius 1 is 1.35 bits per heavy atom. The Kier molecular flexibility index (Phi) is 4.22. The predicted molar refractivity (Wildman–Crippen MR) is 57.8 cm³/mol. The molecule has 96 valence electrons. The van der Waals surface area contributed by atoms with Gasteiger partial charge in [-0.3, -0.25) is 0 Å². The van der Waals surface area contributed by atoms with Crippen molar-refractivity contribution in [2.45, 2.75) is 19.2 Å². The lowest BCUT2D eigenvalue weighted by atomic mass is 10.1. The standard InChI is InChI=1S/C11H14F3NO2/c1-7(16-2)6-17-10-4-3-8(15)5-9(10)11(12,13)14/h3-5,7H,6,15H2,1-2H3. The number of alkyl halides is 3. The van der Waals surface area contributed by atoms with Crippen molar-refractivity contribution < 1.29 is 22.6 Å². The maximum atomic E-state index is 12.7. The van der Waals surface area contributed by atoms with Crippen molar-refractivity contribution in [2.24, 2.45) is 0 Å². The van der Waals surface area contributed by atoms with E-state index in [9.17, 15) is 13.2 Å². The molecule has 0 aliphatic rings. The summed E-state index contributed by atoms with van der Waals surface area (Å²) in [5.74, 6) is -0.240. The van der Waals surface area contributed by atoms with Crippen LogP contribution in [0.15, 0.2) is 18.2 Å². The molecule has 0 fully saturated rings. The fourth-order valence-electron chi connectivity index (χ4n) is 1.17. The molecule has 17 heavy (non-hydrogen) atoms. The Morgan fingerprint density at radius 3 is 2.53 bits per heavy atom. The molecule has 0 aromatic heterocycles. The van der Waals surface area contributed by atoms with Gasteiger partial charge in [-0.15, -0.1) is 0 Å². The lowest BCUT2D eigenvalue weighted by Gasteiger charge is -2.16. The van der Waals surface area contributed by atoms with Crippen LogP contribution in [0.3, 0.4) is 0 Å². The first-order chi connectivity index (χ1) is 7.84. The molecule has 0 heterocycles. The number of benzene rings is 1. The zero-order chi connectivity index (χ0) is 13.1. The fraction of sp³-hybridized carbons (Fsp3) is 0.455. The highest BCUT2D eigenvalue weighted by molar-refractivity contribution is 5.49. The SMILES string of the molecule is COC(C)COc1ccc(N)cc1C(F)(F)F. The van der Waals surface area contributed by atoms with Gasteiger partial charge in [0.05, 0.1) is 11.7 Å². The van der Waals surface area contributed by atoms with Crippen molar-refractivity contribution in [3.05, 3.63) is 23.8 Å². The predicted octanol–water partition coefficient (Wildman–Crippen LogP) is 2.70. The van der Waals surface area contributed by atoms with Crippen LogP contribution in [-0.2, 0) is 10.9 Å². The van der Waals surface area contributed by atoms with Crippen LogP contribution in [-0.4, -0.2) is 19.8 Å². The van der Waals surface area contributed by atoms with Crippen LogP contribution >= 0.6 is 0 Å². The van der Waals surface area contributed by atoms with Gasteiger partial charge in [0.15, 0.2) is 0 Å². The number of anilines is 1. The number of nitrogen functional groups attached to an aromatic ring is 1. The highest BCUT2D eigenvalue weighted by Gasteiger charge is 2.34. The Hall–Kier alpha value is -1.43. The van der Waals surface area contributed by atoms with Crippen LogP contribution in [0, 0.1) is 0 Å². The van der Waals surface area contributed by atoms with Gasteiger partial charge in [-0.25, -0.2) is 0 Å². The highest BCUT2D eigenvalue weighted by atomic mass is 19.4. The molecule has 0 saturated carbocycles. The molecule has 0 spiro atoms. The van der Waals surface area contributed by atoms with Gasteiger partial charge >= 0.3 is 6.18 Å². The summed E-state index contributed by atoms with van der Waals surface area (Å²) >= 11 is 0. The molecular formula is C11H14F3NO2. The van der Waals surface area contributed by atoms with E-state index in [1.807, 2.05) is 0 Å². The summed E-state index contributed by atoms with van der Waals surface area (Å²) in [6.07, 6.45) is -4.77. The van der Waals surface area contributed by atoms with E-state index in [-0.39, 0.29) is 24.1 Å². The first kappa shape index (κ1) is 13.6. The van der Waals surface area contributed by atoms with Gasteiger partial charge in [-0.05, 0) is 25.1 Å². The van der Waals surface area contributed by atoms with Crippen LogP contribution in [0.2, 0.25) is 0 Å². The van der Waals surface area contributed by atoms with Crippen LogP contribution in [0.25, 0.3) is 0 Å². The Labute approximate surface area is 97.3 Å². The number of hydrogen-bond acceptors (Lipinski definition) is 3. The number of methoxy groups -OCH3 is 1. The maximum absolute atomic E-state index is 12.7. The minimum atomic E-state index is -4.49. The first-order valence-electron chi connectivity index (χ1n) is 4.97. The summed E-state index contributed by atoms with van der Waals surface area (Å²) in [7, 11) is 1.46. The summed E-state index contributed by atoms with van der Waals surface area (Å²) in [6, 6.07) is 3.43. The van der Waals surface area contributed by atoms with Crippen molar-refractivity contribution in [1.29, 1.82) is 0 Å². The second kappa shape index (κ2) is 5.27. The third kappa shape index (κ3) is 3.81. The molecule has 0 radical (unpaired) electrons. The van der Waals surface area contributed by atoms with Crippen molar-refractivity contribution in [1.82, 2.24) is 0 Å². The summed E-state index contributed by atoms with van der Waals surface area (Å²) in [4.78, 5) is 0. The smallest absolute Gasteiger partial charge is 0.420 e. The maximum Gasteiger partial charge on any atom is 0.420 e. The van der Waals surface area contributed by atoms with Gasteiger partial charge in [-0.2, -0.15) is 13.2 Å². The molecule has 1 unspecified atom stereocenters. The van der Waals surface area contributed by atoms with Gasteiger partial charge in [0.2, 0.25) is 0 Å². The third-order valence-corrected chi connectivity index (χ3v) is 2.18. The van der Waals surface area contributed by atoms with Crippen LogP contribution in [0.4, 0.5) is 18.9 Å². The molecule has 6 heteroatoms. The molecule has 1 atom stereocenters. The Morgan fingerprint density at radius 2 is 2.00 bits per heavy atom. The lowest BCUT2D eigenvalue weighted by Crippen LogP contribution is -2.18. The quantitative estimate of drug-likeness (QED) is 0.834. The molecular weight excluding hydrogens is 235 g/mol. The average Bonchev–Trinajstić information content (AvgIpc) is 2.25. The minimum absolute atomic E-state index is 0.0451. The van der Waals surface area contributed by atoms with E-state index in [2.05, 4.69) is 0 Å². The molecule has 3 nitrogen and oxygen atoms in total. The minimum Gasteiger partial charge on any atom is -0.490 e. The zero-order valence-corrected chi connectivity index (χ0v) is 9.54. The van der Waals surface area contributed by atoms with Gasteiger partial charge in [0.25, 0.3) is 0 Å². The Balaban J connectivity index is 2.91. The monoisotopic (exact) mass is 249 g/mol. The second-order valence-electron chi connectivity index (χ2n) is 3.61. The normalized spacial score (nSPS) is 13.5. The number of halogens is 3. The molecule has 1 aromatic rings. The van der Waals surface area contributed by atoms with E-state index < -0.39 is 11.7 Å². The molecule has 0 aliphatic carbocycles. The molecule has 0 saturated heterocycles. The van der Waals surface area contributed by atoms with Crippen molar-refractivity contribution in [3.8, 4) is 5.75 Å². The third-order valence-electron chi connectivity index (χ3n) is 2.18. The summed E-state index contributed by atoms with van der Waals surface area (Å²) in [6.45, 7) is 1.74. The fourth-order valence-corrected chi connectivity index (χ4v) is 1.17. The van der Waals surface area contributed by atoms with E-state index >= 15 is 0 Å². The molecule has 0 amide bonds. The molecule has 2 N–H and O–H groups in total. The van der Waals surface area contributed by atoms with E-state index in [0.29, 0.717) is 0 Å². The van der Waals surface area contributed by atoms with E-state index in [0.717, 1.165) is 6.07 Å². The highest BCUT2D eigenvalue weighted by Crippen LogP contribution is 2.37. The Bertz CT molecular complexity index is 379. The number of hydrogen-bond donors (Lipinski definition) is 1. The van der Waals surface area contributed by atoms with E-state index in [4.69, 9.17) is 15.2 Å². The summed E-state index contributed by atoms with van der Waals surface area (Å²) in [5.41, 5.74) is 4.50. The molecule has 1 aromatic carbocycles. The molecule has 1 rings (SSSR count). The van der Waals surface area contributed by atoms with Gasteiger partial charge in [0.1, 0.15) is 12.4 Å². The number of rotatable bonds is 4. The van der Waals surface area contributed by atoms with E-state index in [1.165, 1.54) is 19.2 Å². The van der Waals surface area contributed by atoms with Crippen LogP contribution < -0.4 is 10.5 Å². The summed E-state index contributed by atoms with van der Waals surface area (Å²) < 4.78 is 48.0. The van der Waals surface area contributed by atoms with E-state index in [1.54, 1.807) is 6.92 Å². The van der Waals surface area contributed by atoms with Crippen LogP contribution in [0.1, 0.15) is 12.5 Å². The van der Waals surface area contributed by atoms with Gasteiger partial charge in [0, 0.05) is 12.8 Å². The van der Waals surface area contributed by atoms with Crippen LogP contribution in [0.5, 0.6) is 5.75 Å². The van der Waals surface area contributed by atoms with Gasteiger partial charge in [-0.1, -0.05) is 0 Å². The summed E-state index contributed by atoms with van der Waals surface area (Å²) in [5, 5.41) is 0. The average molecular weight is 249 g/mol. The second-order valence-corrected chi connectivity index (χ2v) is 3.61. The lowest BCUT2D eigenvalue weighted by molar-refractivity contribution is -0.139. The number of nitrogens with two attached hydrogens (primary N) is 1. The molecule has 0 bridgehead atoms. The van der Waals surface area contributed by atoms with Gasteiger partial charge < -0.3 is 15.2 Å². The largest absolute Gasteiger partial charge is 0.490 e.